The maximum Gasteiger partial charge on any atom is 0.183 e. The minimum atomic E-state index is -0.711. The van der Waals surface area contributed by atoms with Crippen LogP contribution in [-0.2, 0) is 6.54 Å². The summed E-state index contributed by atoms with van der Waals surface area (Å²) in [6, 6.07) is 11.4. The molecule has 0 atom stereocenters. The smallest absolute Gasteiger partial charge is 0.183 e. The standard InChI is InChI=1S/C25H21F2N7O2/c1-3-36-15-10-18(26)17(19(27)11-15)13-34-20-7-5-4-6-16(20)23(33-34)25-29-12-21(35-2)24(32-25)31-22-8-9-28-14-30-22/h4-12,14H,3,13H2,1-2H3,(H,28,29,30,31,32). The van der Waals surface area contributed by atoms with Gasteiger partial charge in [-0.1, -0.05) is 18.2 Å². The van der Waals surface area contributed by atoms with Crippen molar-refractivity contribution in [3.8, 4) is 23.0 Å². The zero-order valence-electron chi connectivity index (χ0n) is 19.4. The van der Waals surface area contributed by atoms with Crippen molar-refractivity contribution >= 4 is 22.5 Å². The van der Waals surface area contributed by atoms with Gasteiger partial charge in [-0.25, -0.2) is 28.7 Å². The first-order valence-corrected chi connectivity index (χ1v) is 11.1. The third kappa shape index (κ3) is 4.50. The Morgan fingerprint density at radius 3 is 2.58 bits per heavy atom. The van der Waals surface area contributed by atoms with Gasteiger partial charge < -0.3 is 14.8 Å². The molecular weight excluding hydrogens is 468 g/mol. The first-order chi connectivity index (χ1) is 17.6. The number of rotatable bonds is 8. The van der Waals surface area contributed by atoms with E-state index in [0.717, 1.165) is 5.39 Å². The highest BCUT2D eigenvalue weighted by molar-refractivity contribution is 5.92. The number of nitrogens with zero attached hydrogens (tertiary/aromatic N) is 6. The summed E-state index contributed by atoms with van der Waals surface area (Å²) in [6.45, 7) is 1.92. The summed E-state index contributed by atoms with van der Waals surface area (Å²) in [5.41, 5.74) is 0.996. The number of methoxy groups -OCH3 is 1. The number of aromatic nitrogens is 6. The third-order valence-electron chi connectivity index (χ3n) is 5.41. The molecule has 3 aromatic heterocycles. The Morgan fingerprint density at radius 2 is 1.86 bits per heavy atom. The van der Waals surface area contributed by atoms with Crippen LogP contribution in [0.25, 0.3) is 22.4 Å². The van der Waals surface area contributed by atoms with Gasteiger partial charge in [-0.2, -0.15) is 5.10 Å². The topological polar surface area (TPSA) is 99.9 Å². The highest BCUT2D eigenvalue weighted by Crippen LogP contribution is 2.31. The minimum Gasteiger partial charge on any atom is -0.494 e. The van der Waals surface area contributed by atoms with Gasteiger partial charge in [0.2, 0.25) is 0 Å². The van der Waals surface area contributed by atoms with E-state index in [1.54, 1.807) is 19.2 Å². The monoisotopic (exact) mass is 489 g/mol. The summed E-state index contributed by atoms with van der Waals surface area (Å²) in [7, 11) is 1.51. The predicted molar refractivity (Wildman–Crippen MR) is 129 cm³/mol. The number of hydrogen-bond acceptors (Lipinski definition) is 8. The molecule has 11 heteroatoms. The maximum absolute atomic E-state index is 14.8. The number of anilines is 2. The SMILES string of the molecule is CCOc1cc(F)c(Cn2nc(-c3ncc(OC)c(Nc4ccncn4)n3)c3ccccc32)c(F)c1. The Bertz CT molecular complexity index is 1500. The average molecular weight is 489 g/mol. The molecule has 0 aliphatic rings. The fourth-order valence-electron chi connectivity index (χ4n) is 3.75. The van der Waals surface area contributed by atoms with Crippen LogP contribution >= 0.6 is 0 Å². The first kappa shape index (κ1) is 23.1. The molecule has 3 heterocycles. The van der Waals surface area contributed by atoms with Crippen molar-refractivity contribution in [1.82, 2.24) is 29.7 Å². The molecular formula is C25H21F2N7O2. The van der Waals surface area contributed by atoms with E-state index in [9.17, 15) is 8.78 Å². The van der Waals surface area contributed by atoms with Crippen LogP contribution in [0.2, 0.25) is 0 Å². The van der Waals surface area contributed by atoms with Gasteiger partial charge in [-0.15, -0.1) is 0 Å². The highest BCUT2D eigenvalue weighted by atomic mass is 19.1. The molecule has 9 nitrogen and oxygen atoms in total. The van der Waals surface area contributed by atoms with E-state index in [4.69, 9.17) is 9.47 Å². The molecule has 0 aliphatic heterocycles. The third-order valence-corrected chi connectivity index (χ3v) is 5.41. The Hall–Kier alpha value is -4.67. The van der Waals surface area contributed by atoms with Crippen LogP contribution in [0.5, 0.6) is 11.5 Å². The van der Waals surface area contributed by atoms with Crippen LogP contribution in [-0.4, -0.2) is 43.4 Å². The Kier molecular flexibility index (Phi) is 6.35. The van der Waals surface area contributed by atoms with Gasteiger partial charge >= 0.3 is 0 Å². The largest absolute Gasteiger partial charge is 0.494 e. The van der Waals surface area contributed by atoms with E-state index in [1.165, 1.54) is 36.4 Å². The number of ether oxygens (including phenoxy) is 2. The molecule has 5 rings (SSSR count). The second-order valence-corrected chi connectivity index (χ2v) is 7.65. The molecule has 36 heavy (non-hydrogen) atoms. The van der Waals surface area contributed by atoms with Crippen molar-refractivity contribution in [2.75, 3.05) is 19.0 Å². The van der Waals surface area contributed by atoms with Gasteiger partial charge in [-0.05, 0) is 19.1 Å². The molecule has 0 unspecified atom stereocenters. The number of fused-ring (bicyclic) bond motifs is 1. The molecule has 5 aromatic rings. The van der Waals surface area contributed by atoms with Gasteiger partial charge in [0.15, 0.2) is 17.4 Å². The maximum atomic E-state index is 14.8. The molecule has 1 N–H and O–H groups in total. The van der Waals surface area contributed by atoms with Gasteiger partial charge in [0, 0.05) is 29.3 Å². The highest BCUT2D eigenvalue weighted by Gasteiger charge is 2.20. The van der Waals surface area contributed by atoms with Crippen LogP contribution in [0, 0.1) is 11.6 Å². The molecule has 0 aliphatic carbocycles. The van der Waals surface area contributed by atoms with E-state index in [0.29, 0.717) is 41.0 Å². The van der Waals surface area contributed by atoms with Crippen molar-refractivity contribution in [3.63, 3.8) is 0 Å². The Labute approximate surface area is 204 Å². The first-order valence-electron chi connectivity index (χ1n) is 11.1. The van der Waals surface area contributed by atoms with Gasteiger partial charge in [-0.3, -0.25) is 4.68 Å². The van der Waals surface area contributed by atoms with Gasteiger partial charge in [0.05, 0.1) is 32.0 Å². The van der Waals surface area contributed by atoms with E-state index >= 15 is 0 Å². The summed E-state index contributed by atoms with van der Waals surface area (Å²) in [5.74, 6) is 0.314. The van der Waals surface area contributed by atoms with Crippen molar-refractivity contribution < 1.29 is 18.3 Å². The number of hydrogen-bond donors (Lipinski definition) is 1. The predicted octanol–water partition coefficient (Wildman–Crippen LogP) is 4.76. The number of nitrogens with one attached hydrogen (secondary N) is 1. The van der Waals surface area contributed by atoms with E-state index < -0.39 is 11.6 Å². The fraction of sp³-hybridized carbons (Fsp3) is 0.160. The quantitative estimate of drug-likeness (QED) is 0.333. The van der Waals surface area contributed by atoms with Crippen LogP contribution in [0.4, 0.5) is 20.4 Å². The van der Waals surface area contributed by atoms with Crippen molar-refractivity contribution in [2.24, 2.45) is 0 Å². The molecule has 0 amide bonds. The Morgan fingerprint density at radius 1 is 1.06 bits per heavy atom. The molecule has 182 valence electrons. The summed E-state index contributed by atoms with van der Waals surface area (Å²) in [6.07, 6.45) is 4.52. The summed E-state index contributed by atoms with van der Waals surface area (Å²) in [4.78, 5) is 17.1. The zero-order chi connectivity index (χ0) is 25.1. The lowest BCUT2D eigenvalue weighted by molar-refractivity contribution is 0.335. The molecule has 0 bridgehead atoms. The number of benzene rings is 2. The zero-order valence-corrected chi connectivity index (χ0v) is 19.4. The lowest BCUT2D eigenvalue weighted by atomic mass is 10.1. The van der Waals surface area contributed by atoms with Crippen molar-refractivity contribution in [2.45, 2.75) is 13.5 Å². The number of halogens is 2. The summed E-state index contributed by atoms with van der Waals surface area (Å²) < 4.78 is 41.7. The van der Waals surface area contributed by atoms with Crippen LogP contribution in [0.3, 0.4) is 0 Å². The minimum absolute atomic E-state index is 0.125. The molecule has 0 saturated carbocycles. The molecule has 2 aromatic carbocycles. The Balaban J connectivity index is 1.56. The second kappa shape index (κ2) is 9.90. The van der Waals surface area contributed by atoms with Crippen LogP contribution < -0.4 is 14.8 Å². The molecule has 0 fully saturated rings. The second-order valence-electron chi connectivity index (χ2n) is 7.65. The molecule has 0 radical (unpaired) electrons. The van der Waals surface area contributed by atoms with Crippen LogP contribution in [0.1, 0.15) is 12.5 Å². The van der Waals surface area contributed by atoms with E-state index in [-0.39, 0.29) is 17.9 Å². The fourth-order valence-corrected chi connectivity index (χ4v) is 3.75. The lowest BCUT2D eigenvalue weighted by Gasteiger charge is -2.10. The van der Waals surface area contributed by atoms with Crippen LogP contribution in [0.15, 0.2) is 61.2 Å². The lowest BCUT2D eigenvalue weighted by Crippen LogP contribution is -2.07. The summed E-state index contributed by atoms with van der Waals surface area (Å²) in [5, 5.41) is 8.44. The van der Waals surface area contributed by atoms with Crippen molar-refractivity contribution in [3.05, 3.63) is 78.4 Å². The average Bonchev–Trinajstić information content (AvgIpc) is 3.25. The summed E-state index contributed by atoms with van der Waals surface area (Å²) >= 11 is 0. The molecule has 0 saturated heterocycles. The van der Waals surface area contributed by atoms with Crippen molar-refractivity contribution in [1.29, 1.82) is 0 Å². The van der Waals surface area contributed by atoms with E-state index in [1.807, 2.05) is 24.3 Å². The molecule has 0 spiro atoms. The number of para-hydroxylation sites is 1. The van der Waals surface area contributed by atoms with E-state index in [2.05, 4.69) is 30.4 Å². The van der Waals surface area contributed by atoms with Gasteiger partial charge in [0.25, 0.3) is 0 Å². The normalized spacial score (nSPS) is 11.0. The van der Waals surface area contributed by atoms with Gasteiger partial charge in [0.1, 0.15) is 35.2 Å².